The quantitative estimate of drug-likeness (QED) is 0.304. The second kappa shape index (κ2) is 11.0. The minimum absolute atomic E-state index is 0.108. The van der Waals surface area contributed by atoms with Crippen molar-refractivity contribution in [3.05, 3.63) is 95.6 Å². The molecule has 0 aliphatic heterocycles. The lowest BCUT2D eigenvalue weighted by Gasteiger charge is -2.22. The Bertz CT molecular complexity index is 1270. The number of aromatic nitrogens is 2. The Labute approximate surface area is 201 Å². The van der Waals surface area contributed by atoms with Crippen molar-refractivity contribution < 1.29 is 27.5 Å². The van der Waals surface area contributed by atoms with Crippen molar-refractivity contribution in [1.29, 1.82) is 0 Å². The van der Waals surface area contributed by atoms with Gasteiger partial charge in [0.15, 0.2) is 17.3 Å². The molecule has 0 unspecified atom stereocenters. The molecule has 4 aromatic rings. The molecule has 0 saturated heterocycles. The van der Waals surface area contributed by atoms with Crippen LogP contribution in [0.4, 0.5) is 8.78 Å². The smallest absolute Gasteiger partial charge is 0.289 e. The van der Waals surface area contributed by atoms with Crippen molar-refractivity contribution in [2.24, 2.45) is 0 Å². The van der Waals surface area contributed by atoms with Crippen molar-refractivity contribution in [1.82, 2.24) is 14.7 Å². The normalized spacial score (nSPS) is 11.0. The zero-order chi connectivity index (χ0) is 24.8. The van der Waals surface area contributed by atoms with E-state index in [-0.39, 0.29) is 36.4 Å². The fourth-order valence-corrected chi connectivity index (χ4v) is 3.63. The van der Waals surface area contributed by atoms with E-state index >= 15 is 0 Å². The summed E-state index contributed by atoms with van der Waals surface area (Å²) >= 11 is 0. The van der Waals surface area contributed by atoms with Crippen LogP contribution in [0, 0.1) is 11.6 Å². The summed E-state index contributed by atoms with van der Waals surface area (Å²) in [5.41, 5.74) is 1.95. The monoisotopic (exact) mass is 481 g/mol. The van der Waals surface area contributed by atoms with E-state index in [0.29, 0.717) is 30.0 Å². The van der Waals surface area contributed by atoms with Gasteiger partial charge in [-0.3, -0.25) is 4.79 Å². The van der Waals surface area contributed by atoms with E-state index in [9.17, 15) is 13.6 Å². The molecular weight excluding hydrogens is 456 g/mol. The van der Waals surface area contributed by atoms with Crippen LogP contribution in [0.15, 0.2) is 71.3 Å². The molecule has 9 heteroatoms. The highest BCUT2D eigenvalue weighted by Gasteiger charge is 2.26. The molecule has 0 fully saturated rings. The van der Waals surface area contributed by atoms with E-state index in [4.69, 9.17) is 19.0 Å². The number of methoxy groups -OCH3 is 1. The highest BCUT2D eigenvalue weighted by molar-refractivity contribution is 5.91. The Morgan fingerprint density at radius 3 is 2.57 bits per heavy atom. The maximum absolute atomic E-state index is 14.5. The second-order valence-electron chi connectivity index (χ2n) is 7.70. The first-order chi connectivity index (χ1) is 17.0. The molecule has 7 nitrogen and oxygen atoms in total. The van der Waals surface area contributed by atoms with Crippen LogP contribution in [0.2, 0.25) is 0 Å². The van der Waals surface area contributed by atoms with Gasteiger partial charge in [-0.25, -0.2) is 13.5 Å². The molecule has 182 valence electrons. The Kier molecular flexibility index (Phi) is 7.57. The van der Waals surface area contributed by atoms with Crippen LogP contribution in [0.1, 0.15) is 28.7 Å². The van der Waals surface area contributed by atoms with Crippen LogP contribution in [0.3, 0.4) is 0 Å². The number of ether oxygens (including phenoxy) is 2. The molecule has 2 heterocycles. The predicted molar refractivity (Wildman–Crippen MR) is 125 cm³/mol. The molecule has 0 N–H and O–H groups in total. The maximum atomic E-state index is 14.5. The largest absolute Gasteiger partial charge is 0.459 e. The van der Waals surface area contributed by atoms with E-state index < -0.39 is 11.6 Å². The van der Waals surface area contributed by atoms with Crippen LogP contribution < -0.4 is 4.74 Å². The number of carbonyl (C=O) groups excluding carboxylic acids is 1. The summed E-state index contributed by atoms with van der Waals surface area (Å²) in [4.78, 5) is 14.7. The van der Waals surface area contributed by atoms with Gasteiger partial charge in [-0.15, -0.1) is 0 Å². The third-order valence-corrected chi connectivity index (χ3v) is 5.39. The van der Waals surface area contributed by atoms with Gasteiger partial charge in [0.2, 0.25) is 5.88 Å². The van der Waals surface area contributed by atoms with Crippen LogP contribution in [0.25, 0.3) is 5.69 Å². The highest BCUT2D eigenvalue weighted by atomic mass is 19.1. The standard InChI is InChI=1S/C26H25F2N3O4/c1-3-22-20(17-30(13-15-33-2)25(32)24-10-7-14-34-24)26(31(29-22)19-8-5-4-6-9-19)35-23-12-11-18(27)16-21(23)28/h4-12,14,16H,3,13,15,17H2,1-2H3. The lowest BCUT2D eigenvalue weighted by atomic mass is 10.1. The van der Waals surface area contributed by atoms with Crippen LogP contribution in [0.5, 0.6) is 11.6 Å². The van der Waals surface area contributed by atoms with Gasteiger partial charge >= 0.3 is 0 Å². The number of rotatable bonds is 10. The van der Waals surface area contributed by atoms with E-state index in [1.807, 2.05) is 37.3 Å². The molecule has 0 aliphatic rings. The highest BCUT2D eigenvalue weighted by Crippen LogP contribution is 2.33. The molecular formula is C26H25F2N3O4. The first-order valence-corrected chi connectivity index (χ1v) is 11.1. The van der Waals surface area contributed by atoms with Gasteiger partial charge in [0.05, 0.1) is 36.4 Å². The Morgan fingerprint density at radius 1 is 1.11 bits per heavy atom. The number of nitrogens with zero attached hydrogens (tertiary/aromatic N) is 3. The maximum Gasteiger partial charge on any atom is 0.289 e. The third-order valence-electron chi connectivity index (χ3n) is 5.39. The minimum atomic E-state index is -0.849. The summed E-state index contributed by atoms with van der Waals surface area (Å²) in [5.74, 6) is -1.64. The molecule has 2 aromatic carbocycles. The summed E-state index contributed by atoms with van der Waals surface area (Å²) < 4.78 is 46.1. The summed E-state index contributed by atoms with van der Waals surface area (Å²) in [6.45, 7) is 2.61. The molecule has 0 aliphatic carbocycles. The average molecular weight is 481 g/mol. The summed E-state index contributed by atoms with van der Waals surface area (Å²) in [6, 6.07) is 15.5. The van der Waals surface area contributed by atoms with Crippen LogP contribution >= 0.6 is 0 Å². The lowest BCUT2D eigenvalue weighted by Crippen LogP contribution is -2.33. The number of aryl methyl sites for hydroxylation is 1. The molecule has 0 bridgehead atoms. The molecule has 0 spiro atoms. The Hall–Kier alpha value is -3.98. The van der Waals surface area contributed by atoms with Crippen LogP contribution in [-0.2, 0) is 17.7 Å². The van der Waals surface area contributed by atoms with E-state index in [0.717, 1.165) is 12.1 Å². The molecule has 35 heavy (non-hydrogen) atoms. The van der Waals surface area contributed by atoms with Crippen molar-refractivity contribution in [3.63, 3.8) is 0 Å². The molecule has 0 atom stereocenters. The summed E-state index contributed by atoms with van der Waals surface area (Å²) in [5, 5.41) is 4.70. The average Bonchev–Trinajstić information content (AvgIpc) is 3.52. The number of halogens is 2. The fraction of sp³-hybridized carbons (Fsp3) is 0.231. The zero-order valence-corrected chi connectivity index (χ0v) is 19.4. The van der Waals surface area contributed by atoms with E-state index in [2.05, 4.69) is 0 Å². The third kappa shape index (κ3) is 5.41. The van der Waals surface area contributed by atoms with Crippen molar-refractivity contribution >= 4 is 5.91 Å². The van der Waals surface area contributed by atoms with Gasteiger partial charge in [0, 0.05) is 19.7 Å². The van der Waals surface area contributed by atoms with E-state index in [1.54, 1.807) is 28.8 Å². The van der Waals surface area contributed by atoms with Gasteiger partial charge in [-0.05, 0) is 42.8 Å². The van der Waals surface area contributed by atoms with Crippen molar-refractivity contribution in [2.45, 2.75) is 19.9 Å². The zero-order valence-electron chi connectivity index (χ0n) is 19.4. The fourth-order valence-electron chi connectivity index (χ4n) is 3.63. The number of amides is 1. The topological polar surface area (TPSA) is 69.7 Å². The van der Waals surface area contributed by atoms with E-state index in [1.165, 1.54) is 12.3 Å². The summed E-state index contributed by atoms with van der Waals surface area (Å²) in [7, 11) is 1.55. The Morgan fingerprint density at radius 2 is 1.91 bits per heavy atom. The van der Waals surface area contributed by atoms with Gasteiger partial charge in [0.25, 0.3) is 5.91 Å². The lowest BCUT2D eigenvalue weighted by molar-refractivity contribution is 0.0648. The molecule has 0 saturated carbocycles. The molecule has 2 aromatic heterocycles. The number of hydrogen-bond donors (Lipinski definition) is 0. The molecule has 1 amide bonds. The SMILES string of the molecule is CCc1nn(-c2ccccc2)c(Oc2ccc(F)cc2F)c1CN(CCOC)C(=O)c1ccco1. The minimum Gasteiger partial charge on any atom is -0.459 e. The van der Waals surface area contributed by atoms with Crippen molar-refractivity contribution in [3.8, 4) is 17.3 Å². The number of carbonyl (C=O) groups is 1. The summed E-state index contributed by atoms with van der Waals surface area (Å²) in [6.07, 6.45) is 1.96. The van der Waals surface area contributed by atoms with Gasteiger partial charge in [-0.1, -0.05) is 25.1 Å². The number of furan rings is 1. The first kappa shape index (κ1) is 24.2. The molecule has 0 radical (unpaired) electrons. The van der Waals surface area contributed by atoms with Crippen LogP contribution in [-0.4, -0.2) is 40.8 Å². The number of para-hydroxylation sites is 1. The molecule has 4 rings (SSSR count). The second-order valence-corrected chi connectivity index (χ2v) is 7.70. The Balaban J connectivity index is 1.80. The predicted octanol–water partition coefficient (Wildman–Crippen LogP) is 5.39. The number of benzene rings is 2. The van der Waals surface area contributed by atoms with Gasteiger partial charge in [0.1, 0.15) is 5.82 Å². The number of hydrogen-bond acceptors (Lipinski definition) is 5. The van der Waals surface area contributed by atoms with Crippen molar-refractivity contribution in [2.75, 3.05) is 20.3 Å². The first-order valence-electron chi connectivity index (χ1n) is 11.1. The van der Waals surface area contributed by atoms with Gasteiger partial charge < -0.3 is 18.8 Å². The van der Waals surface area contributed by atoms with Gasteiger partial charge in [-0.2, -0.15) is 5.10 Å².